The Labute approximate surface area is 110 Å². The summed E-state index contributed by atoms with van der Waals surface area (Å²) in [6, 6.07) is 0. The van der Waals surface area contributed by atoms with Crippen molar-refractivity contribution in [1.29, 1.82) is 0 Å². The molecule has 0 aliphatic carbocycles. The van der Waals surface area contributed by atoms with Gasteiger partial charge in [0.2, 0.25) is 0 Å². The second-order valence-electron chi connectivity index (χ2n) is 1.81. The topological polar surface area (TPSA) is 175 Å². The van der Waals surface area contributed by atoms with Gasteiger partial charge in [0.25, 0.3) is 0 Å². The number of oxime groups is 1. The van der Waals surface area contributed by atoms with Gasteiger partial charge in [-0.2, -0.15) is 0 Å². The minimum atomic E-state index is -1.59. The van der Waals surface area contributed by atoms with Crippen LogP contribution in [-0.2, 0) is 4.79 Å². The molecule has 0 aliphatic heterocycles. The van der Waals surface area contributed by atoms with E-state index in [1.807, 2.05) is 0 Å². The average Bonchev–Trinajstić information content (AvgIpc) is 2.37. The summed E-state index contributed by atoms with van der Waals surface area (Å²) in [6.45, 7) is 0. The molecule has 0 unspecified atom stereocenters. The molecule has 1 aromatic heterocycles. The van der Waals surface area contributed by atoms with Crippen molar-refractivity contribution in [2.75, 3.05) is 5.73 Å². The third-order valence-corrected chi connectivity index (χ3v) is 1.73. The average molecular weight is 245 g/mol. The second kappa shape index (κ2) is 8.59. The number of carboxylic acids is 1. The maximum atomic E-state index is 10.3. The molecule has 7 N–H and O–H groups in total. The van der Waals surface area contributed by atoms with E-state index in [1.165, 1.54) is 5.38 Å². The van der Waals surface area contributed by atoms with Gasteiger partial charge in [0, 0.05) is 5.38 Å². The van der Waals surface area contributed by atoms with Gasteiger partial charge in [0.1, 0.15) is 5.69 Å². The number of rotatable bonds is 2. The summed E-state index contributed by atoms with van der Waals surface area (Å²) in [6.07, 6.45) is 0. The van der Waals surface area contributed by atoms with Crippen molar-refractivity contribution >= 4 is 28.1 Å². The molecule has 0 amide bonds. The number of thiazole rings is 1. The first-order valence-corrected chi connectivity index (χ1v) is 3.68. The predicted molar refractivity (Wildman–Crippen MR) is 47.1 cm³/mol. The minimum Gasteiger partial charge on any atom is -0.543 e. The van der Waals surface area contributed by atoms with Crippen molar-refractivity contribution in [2.24, 2.45) is 5.16 Å². The van der Waals surface area contributed by atoms with E-state index in [1.54, 1.807) is 0 Å². The molecule has 1 rings (SSSR count). The van der Waals surface area contributed by atoms with E-state index in [2.05, 4.69) is 10.1 Å². The van der Waals surface area contributed by atoms with E-state index in [-0.39, 0.29) is 51.3 Å². The Hall–Kier alpha value is -0.710. The van der Waals surface area contributed by atoms with Crippen LogP contribution >= 0.6 is 11.3 Å². The molecule has 0 bridgehead atoms. The van der Waals surface area contributed by atoms with Crippen LogP contribution in [0.3, 0.4) is 0 Å². The molecule has 10 heteroatoms. The number of carbonyl (C=O) groups excluding carboxylic acids is 1. The maximum absolute atomic E-state index is 10.3. The van der Waals surface area contributed by atoms with Crippen LogP contribution in [0.15, 0.2) is 10.5 Å². The van der Waals surface area contributed by atoms with Gasteiger partial charge >= 0.3 is 29.6 Å². The van der Waals surface area contributed by atoms with Crippen molar-refractivity contribution in [3.05, 3.63) is 11.1 Å². The number of nitrogens with zero attached hydrogens (tertiary/aromatic N) is 2. The molecule has 0 atom stereocenters. The van der Waals surface area contributed by atoms with E-state index >= 15 is 0 Å². The number of aromatic nitrogens is 1. The molecule has 0 radical (unpaired) electrons. The molecular weight excluding hydrogens is 237 g/mol. The van der Waals surface area contributed by atoms with Gasteiger partial charge in [-0.1, -0.05) is 5.16 Å². The van der Waals surface area contributed by atoms with Crippen LogP contribution in [0.2, 0.25) is 0 Å². The standard InChI is InChI=1S/C5H5N3O3S.Na.2H2O/c6-5-7-2(1-12-5)3(8-11)4(9)10;;;/h1,11H,(H2,6,7)(H,9,10);;2*1H2/q;+1;;/p-1. The first-order valence-electron chi connectivity index (χ1n) is 2.80. The third-order valence-electron chi connectivity index (χ3n) is 1.06. The predicted octanol–water partition coefficient (Wildman–Crippen LogP) is -5.99. The summed E-state index contributed by atoms with van der Waals surface area (Å²) in [5.41, 5.74) is 4.61. The molecule has 0 saturated heterocycles. The van der Waals surface area contributed by atoms with Crippen molar-refractivity contribution in [2.45, 2.75) is 0 Å². The summed E-state index contributed by atoms with van der Waals surface area (Å²) in [5.74, 6) is -1.59. The van der Waals surface area contributed by atoms with Gasteiger partial charge in [-0.3, -0.25) is 0 Å². The monoisotopic (exact) mass is 245 g/mol. The van der Waals surface area contributed by atoms with Crippen molar-refractivity contribution in [3.8, 4) is 0 Å². The zero-order valence-electron chi connectivity index (χ0n) is 7.72. The minimum absolute atomic E-state index is 0. The Kier molecular flexibility index (Phi) is 11.3. The fourth-order valence-electron chi connectivity index (χ4n) is 0.593. The summed E-state index contributed by atoms with van der Waals surface area (Å²) in [7, 11) is 0. The number of nitrogens with two attached hydrogens (primary N) is 1. The van der Waals surface area contributed by atoms with Crippen LogP contribution in [-0.4, -0.2) is 32.8 Å². The largest absolute Gasteiger partial charge is 1.00 e. The summed E-state index contributed by atoms with van der Waals surface area (Å²) in [4.78, 5) is 13.8. The van der Waals surface area contributed by atoms with Crippen LogP contribution in [0.1, 0.15) is 5.69 Å². The molecular formula is C5H8N3NaO5S. The fourth-order valence-corrected chi connectivity index (χ4v) is 1.14. The number of hydrogen-bond donors (Lipinski definition) is 2. The number of aliphatic carboxylic acids is 1. The second-order valence-corrected chi connectivity index (χ2v) is 2.70. The Bertz CT molecular complexity index is 341. The van der Waals surface area contributed by atoms with E-state index < -0.39 is 11.7 Å². The van der Waals surface area contributed by atoms with E-state index in [4.69, 9.17) is 10.9 Å². The first kappa shape index (κ1) is 19.8. The van der Waals surface area contributed by atoms with Crippen LogP contribution in [0.4, 0.5) is 5.13 Å². The number of carbonyl (C=O) groups is 1. The normalized spacial score (nSPS) is 9.20. The van der Waals surface area contributed by atoms with Crippen LogP contribution in [0.25, 0.3) is 0 Å². The third kappa shape index (κ3) is 5.06. The number of nitrogen functional groups attached to an aromatic ring is 1. The molecule has 0 fully saturated rings. The van der Waals surface area contributed by atoms with Gasteiger partial charge in [-0.25, -0.2) is 4.98 Å². The van der Waals surface area contributed by atoms with E-state index in [0.29, 0.717) is 0 Å². The van der Waals surface area contributed by atoms with Crippen molar-refractivity contribution in [1.82, 2.24) is 4.98 Å². The number of anilines is 1. The molecule has 15 heavy (non-hydrogen) atoms. The van der Waals surface area contributed by atoms with Gasteiger partial charge in [-0.05, 0) is 0 Å². The SMILES string of the molecule is Nc1nc(C(=NO)C(=O)[O-])cs1.O.O.[Na+]. The van der Waals surface area contributed by atoms with Gasteiger partial charge in [0.05, 0.1) is 5.97 Å². The quantitative estimate of drug-likeness (QED) is 0.228. The zero-order valence-corrected chi connectivity index (χ0v) is 10.5. The van der Waals surface area contributed by atoms with Crippen molar-refractivity contribution in [3.63, 3.8) is 0 Å². The summed E-state index contributed by atoms with van der Waals surface area (Å²) in [5, 5.41) is 22.6. The Morgan fingerprint density at radius 3 is 2.40 bits per heavy atom. The van der Waals surface area contributed by atoms with Crippen LogP contribution in [0.5, 0.6) is 0 Å². The number of hydrogen-bond acceptors (Lipinski definition) is 7. The van der Waals surface area contributed by atoms with Crippen molar-refractivity contribution < 1.29 is 55.6 Å². The number of carboxylic acid groups (broad SMARTS) is 1. The molecule has 8 nitrogen and oxygen atoms in total. The van der Waals surface area contributed by atoms with Gasteiger partial charge < -0.3 is 31.8 Å². The molecule has 0 aliphatic rings. The molecule has 0 aromatic carbocycles. The zero-order chi connectivity index (χ0) is 9.14. The fraction of sp³-hybridized carbons (Fsp3) is 0. The van der Waals surface area contributed by atoms with Gasteiger partial charge in [-0.15, -0.1) is 11.3 Å². The van der Waals surface area contributed by atoms with E-state index in [0.717, 1.165) is 11.3 Å². The van der Waals surface area contributed by atoms with Crippen LogP contribution in [0, 0.1) is 0 Å². The molecule has 0 saturated carbocycles. The summed E-state index contributed by atoms with van der Waals surface area (Å²) >= 11 is 1.05. The smallest absolute Gasteiger partial charge is 0.543 e. The maximum Gasteiger partial charge on any atom is 1.00 e. The molecule has 1 heterocycles. The Morgan fingerprint density at radius 1 is 1.60 bits per heavy atom. The van der Waals surface area contributed by atoms with E-state index in [9.17, 15) is 9.90 Å². The first-order chi connectivity index (χ1) is 5.65. The Morgan fingerprint density at radius 2 is 2.13 bits per heavy atom. The van der Waals surface area contributed by atoms with Crippen LogP contribution < -0.4 is 40.4 Å². The Balaban J connectivity index is -0.000000480. The van der Waals surface area contributed by atoms with Gasteiger partial charge in [0.15, 0.2) is 10.8 Å². The molecule has 80 valence electrons. The molecule has 1 aromatic rings. The molecule has 0 spiro atoms. The summed E-state index contributed by atoms with van der Waals surface area (Å²) < 4.78 is 0.